The Morgan fingerprint density at radius 3 is 2.40 bits per heavy atom. The van der Waals surface area contributed by atoms with Crippen LogP contribution in [-0.4, -0.2) is 49.7 Å². The third kappa shape index (κ3) is 6.94. The molecule has 1 fully saturated rings. The number of rotatable bonds is 7. The van der Waals surface area contributed by atoms with Crippen molar-refractivity contribution in [3.8, 4) is 5.75 Å². The van der Waals surface area contributed by atoms with Crippen LogP contribution in [0.15, 0.2) is 47.1 Å². The highest BCUT2D eigenvalue weighted by Gasteiger charge is 2.43. The number of benzene rings is 2. The van der Waals surface area contributed by atoms with Crippen LogP contribution in [-0.2, 0) is 15.8 Å². The van der Waals surface area contributed by atoms with Gasteiger partial charge in [0.2, 0.25) is 0 Å². The predicted molar refractivity (Wildman–Crippen MR) is 149 cm³/mol. The highest BCUT2D eigenvalue weighted by atomic mass is 19.4. The summed E-state index contributed by atoms with van der Waals surface area (Å²) in [5.41, 5.74) is 0.165. The Hall–Kier alpha value is -3.70. The summed E-state index contributed by atoms with van der Waals surface area (Å²) in [5, 5.41) is 3.21. The molecular weight excluding hydrogens is 578 g/mol. The van der Waals surface area contributed by atoms with Crippen molar-refractivity contribution in [1.29, 1.82) is 0 Å². The molecule has 1 amide bonds. The molecule has 1 saturated heterocycles. The molecule has 4 rings (SSSR count). The number of carbonyl (C=O) groups excluding carboxylic acids is 1. The minimum Gasteiger partial charge on any atom is -0.496 e. The molecule has 12 heteroatoms. The number of amides is 1. The number of cyclic esters (lactones) is 1. The van der Waals surface area contributed by atoms with Crippen molar-refractivity contribution in [2.45, 2.75) is 71.5 Å². The summed E-state index contributed by atoms with van der Waals surface area (Å²) in [7, 11) is 2.45. The zero-order chi connectivity index (χ0) is 31.9. The molecule has 0 radical (unpaired) electrons. The van der Waals surface area contributed by atoms with Crippen molar-refractivity contribution in [2.24, 2.45) is 10.6 Å². The molecule has 2 aromatic carbocycles. The zero-order valence-electron chi connectivity index (χ0n) is 24.7. The quantitative estimate of drug-likeness (QED) is 0.179. The van der Waals surface area contributed by atoms with E-state index in [0.29, 0.717) is 29.7 Å². The van der Waals surface area contributed by atoms with E-state index in [9.17, 15) is 31.1 Å². The molecule has 0 spiro atoms. The predicted octanol–water partition coefficient (Wildman–Crippen LogP) is 8.48. The second-order valence-corrected chi connectivity index (χ2v) is 11.8. The fraction of sp³-hybridized carbons (Fsp3) is 0.484. The molecule has 234 valence electrons. The van der Waals surface area contributed by atoms with Crippen LogP contribution in [0, 0.1) is 12.3 Å². The number of hydrogen-bond donors (Lipinski definition) is 0. The molecular formula is C31H34F6N2O4. The molecule has 0 N–H and O–H groups in total. The van der Waals surface area contributed by atoms with Crippen molar-refractivity contribution >= 4 is 17.4 Å². The first kappa shape index (κ1) is 32.2. The summed E-state index contributed by atoms with van der Waals surface area (Å²) < 4.78 is 93.1. The Morgan fingerprint density at radius 1 is 1.09 bits per heavy atom. The second kappa shape index (κ2) is 11.8. The number of alkyl halides is 6. The number of aryl methyl sites for hydroxylation is 1. The fourth-order valence-electron chi connectivity index (χ4n) is 5.85. The Balaban J connectivity index is 1.76. The topological polar surface area (TPSA) is 60.4 Å². The fourth-order valence-corrected chi connectivity index (χ4v) is 5.85. The van der Waals surface area contributed by atoms with E-state index in [0.717, 1.165) is 36.8 Å². The maximum Gasteiger partial charge on any atom is 0.437 e. The van der Waals surface area contributed by atoms with Gasteiger partial charge in [0.15, 0.2) is 5.71 Å². The minimum absolute atomic E-state index is 0.0822. The van der Waals surface area contributed by atoms with E-state index in [1.54, 1.807) is 19.9 Å². The number of oxime groups is 1. The number of nitrogens with zero attached hydrogens (tertiary/aromatic N) is 2. The highest BCUT2D eigenvalue weighted by Crippen LogP contribution is 2.46. The van der Waals surface area contributed by atoms with Crippen LogP contribution in [0.1, 0.15) is 74.0 Å². The van der Waals surface area contributed by atoms with E-state index in [1.807, 2.05) is 0 Å². The van der Waals surface area contributed by atoms with Gasteiger partial charge in [0, 0.05) is 17.7 Å². The lowest BCUT2D eigenvalue weighted by Gasteiger charge is -2.36. The Bertz CT molecular complexity index is 1440. The largest absolute Gasteiger partial charge is 0.496 e. The first-order chi connectivity index (χ1) is 19.9. The van der Waals surface area contributed by atoms with Gasteiger partial charge in [0.25, 0.3) is 0 Å². The lowest BCUT2D eigenvalue weighted by molar-refractivity contribution is -0.137. The summed E-state index contributed by atoms with van der Waals surface area (Å²) in [6.07, 6.45) is -9.21. The zero-order valence-corrected chi connectivity index (χ0v) is 24.7. The normalized spacial score (nSPS) is 21.3. The number of hydrogen-bond acceptors (Lipinski definition) is 5. The van der Waals surface area contributed by atoms with Crippen molar-refractivity contribution in [3.63, 3.8) is 0 Å². The smallest absolute Gasteiger partial charge is 0.437 e. The number of methoxy groups -OCH3 is 1. The van der Waals surface area contributed by atoms with Crippen LogP contribution < -0.4 is 4.74 Å². The molecule has 1 heterocycles. The molecule has 1 aliphatic heterocycles. The lowest BCUT2D eigenvalue weighted by Crippen LogP contribution is -2.35. The monoisotopic (exact) mass is 612 g/mol. The molecule has 6 nitrogen and oxygen atoms in total. The van der Waals surface area contributed by atoms with Gasteiger partial charge in [-0.05, 0) is 85.6 Å². The van der Waals surface area contributed by atoms with E-state index < -0.39 is 41.9 Å². The Labute approximate surface area is 246 Å². The van der Waals surface area contributed by atoms with Crippen molar-refractivity contribution in [2.75, 3.05) is 20.8 Å². The van der Waals surface area contributed by atoms with E-state index in [2.05, 4.69) is 23.8 Å². The summed E-state index contributed by atoms with van der Waals surface area (Å²) >= 11 is 0. The highest BCUT2D eigenvalue weighted by molar-refractivity contribution is 6.05. The van der Waals surface area contributed by atoms with Crippen LogP contribution >= 0.6 is 0 Å². The molecule has 0 aromatic heterocycles. The standard InChI is InChI=1S/C31H34F6N2O4/c1-17-11-20(13-22(12-17)30(32,33)34)26-18(2)39(28(40)43-26)16-21-15-29(3,4)10-9-23(21)24-14-19(7-8-25(24)41-5)27(38-42-6)31(35,36)37/h7-8,11-14,18,26H,9-10,15-16H2,1-6H3/b38-27-/t18-,26-/m0/s1. The van der Waals surface area contributed by atoms with E-state index in [1.165, 1.54) is 30.2 Å². The number of halogens is 6. The number of carbonyl (C=O) groups is 1. The summed E-state index contributed by atoms with van der Waals surface area (Å²) in [5.74, 6) is 0.351. The third-order valence-corrected chi connectivity index (χ3v) is 7.93. The summed E-state index contributed by atoms with van der Waals surface area (Å²) in [6, 6.07) is 7.03. The van der Waals surface area contributed by atoms with Gasteiger partial charge in [-0.1, -0.05) is 30.6 Å². The lowest BCUT2D eigenvalue weighted by atomic mass is 9.72. The average molecular weight is 613 g/mol. The van der Waals surface area contributed by atoms with Gasteiger partial charge in [-0.3, -0.25) is 4.90 Å². The van der Waals surface area contributed by atoms with Gasteiger partial charge in [0.05, 0.1) is 18.7 Å². The van der Waals surface area contributed by atoms with E-state index in [4.69, 9.17) is 9.47 Å². The SMILES string of the molecule is CO/N=C(/c1ccc(OC)c(C2=C(CN3C(=O)O[C@H](c4cc(C)cc(C(F)(F)F)c4)[C@@H]3C)CC(C)(C)CC2)c1)C(F)(F)F. The summed E-state index contributed by atoms with van der Waals surface area (Å²) in [4.78, 5) is 19.1. The first-order valence-electron chi connectivity index (χ1n) is 13.7. The van der Waals surface area contributed by atoms with Crippen LogP contribution in [0.3, 0.4) is 0 Å². The maximum absolute atomic E-state index is 13.8. The Kier molecular flexibility index (Phi) is 8.82. The molecule has 43 heavy (non-hydrogen) atoms. The summed E-state index contributed by atoms with van der Waals surface area (Å²) in [6.45, 7) is 7.45. The van der Waals surface area contributed by atoms with Crippen molar-refractivity contribution < 1.29 is 45.4 Å². The third-order valence-electron chi connectivity index (χ3n) is 7.93. The average Bonchev–Trinajstić information content (AvgIpc) is 3.18. The molecule has 0 bridgehead atoms. The Morgan fingerprint density at radius 2 is 1.79 bits per heavy atom. The van der Waals surface area contributed by atoms with Gasteiger partial charge < -0.3 is 14.3 Å². The number of allylic oxidation sites excluding steroid dienone is 1. The van der Waals surface area contributed by atoms with Crippen LogP contribution in [0.2, 0.25) is 0 Å². The van der Waals surface area contributed by atoms with Crippen molar-refractivity contribution in [1.82, 2.24) is 4.90 Å². The van der Waals surface area contributed by atoms with Crippen LogP contribution in [0.4, 0.5) is 31.1 Å². The van der Waals surface area contributed by atoms with Gasteiger partial charge >= 0.3 is 18.4 Å². The molecule has 0 saturated carbocycles. The number of ether oxygens (including phenoxy) is 2. The van der Waals surface area contributed by atoms with Gasteiger partial charge in [0.1, 0.15) is 19.0 Å². The minimum atomic E-state index is -4.78. The molecule has 0 unspecified atom stereocenters. The van der Waals surface area contributed by atoms with Gasteiger partial charge in [-0.2, -0.15) is 26.3 Å². The molecule has 2 aromatic rings. The molecule has 2 atom stereocenters. The van der Waals surface area contributed by atoms with E-state index in [-0.39, 0.29) is 23.1 Å². The maximum atomic E-state index is 13.8. The van der Waals surface area contributed by atoms with Crippen molar-refractivity contribution in [3.05, 3.63) is 69.8 Å². The molecule has 1 aliphatic carbocycles. The molecule has 2 aliphatic rings. The van der Waals surface area contributed by atoms with Gasteiger partial charge in [-0.15, -0.1) is 0 Å². The van der Waals surface area contributed by atoms with Crippen LogP contribution in [0.25, 0.3) is 5.57 Å². The first-order valence-corrected chi connectivity index (χ1v) is 13.7. The second-order valence-electron chi connectivity index (χ2n) is 11.8. The van der Waals surface area contributed by atoms with Crippen LogP contribution in [0.5, 0.6) is 5.75 Å². The van der Waals surface area contributed by atoms with Gasteiger partial charge in [-0.25, -0.2) is 4.79 Å². The van der Waals surface area contributed by atoms with E-state index >= 15 is 0 Å².